The Hall–Kier alpha value is -2.79. The lowest BCUT2D eigenvalue weighted by Gasteiger charge is -2.19. The molecule has 5 N–H and O–H groups in total. The summed E-state index contributed by atoms with van der Waals surface area (Å²) in [5.41, 5.74) is 11.3. The second-order valence-corrected chi connectivity index (χ2v) is 25.7. The summed E-state index contributed by atoms with van der Waals surface area (Å²) in [6.45, 7) is 14.0. The second-order valence-electron chi connectivity index (χ2n) is 24.6. The fourth-order valence-electron chi connectivity index (χ4n) is 9.93. The zero-order valence-electron chi connectivity index (χ0n) is 60.7. The first-order valence-corrected chi connectivity index (χ1v) is 38.8. The third kappa shape index (κ3) is 72.8. The number of amides is 1. The molecule has 0 saturated carbocycles. The van der Waals surface area contributed by atoms with Gasteiger partial charge in [-0.2, -0.15) is 11.8 Å². The van der Waals surface area contributed by atoms with Crippen LogP contribution >= 0.6 is 11.8 Å². The van der Waals surface area contributed by atoms with Gasteiger partial charge in [0.2, 0.25) is 5.91 Å². The van der Waals surface area contributed by atoms with Crippen molar-refractivity contribution in [2.75, 3.05) is 183 Å². The van der Waals surface area contributed by atoms with Gasteiger partial charge in [-0.3, -0.25) is 28.8 Å². The zero-order chi connectivity index (χ0) is 70.6. The van der Waals surface area contributed by atoms with Crippen LogP contribution < -0.4 is 11.5 Å². The summed E-state index contributed by atoms with van der Waals surface area (Å²) in [7, 11) is 0. The number of ketones is 3. The van der Waals surface area contributed by atoms with E-state index in [1.54, 1.807) is 0 Å². The van der Waals surface area contributed by atoms with Gasteiger partial charge in [0, 0.05) is 69.0 Å². The van der Waals surface area contributed by atoms with Crippen LogP contribution in [0, 0.1) is 5.92 Å². The summed E-state index contributed by atoms with van der Waals surface area (Å²) in [6.07, 6.45) is 32.4. The number of rotatable bonds is 83. The quantitative estimate of drug-likeness (QED) is 0.0376. The van der Waals surface area contributed by atoms with E-state index in [4.69, 9.17) is 77.8 Å². The molecule has 0 aromatic rings. The number of hydrogen-bond acceptors (Lipinski definition) is 23. The summed E-state index contributed by atoms with van der Waals surface area (Å²) >= 11 is 1.34. The van der Waals surface area contributed by atoms with E-state index >= 15 is 0 Å². The van der Waals surface area contributed by atoms with E-state index < -0.39 is 30.6 Å². The van der Waals surface area contributed by atoms with Crippen LogP contribution in [0.4, 0.5) is 0 Å². The van der Waals surface area contributed by atoms with Gasteiger partial charge >= 0.3 is 11.9 Å². The van der Waals surface area contributed by atoms with Gasteiger partial charge in [-0.25, -0.2) is 0 Å². The van der Waals surface area contributed by atoms with Crippen molar-refractivity contribution in [1.29, 1.82) is 0 Å². The average molecular weight is 1410 g/mol. The lowest BCUT2D eigenvalue weighted by atomic mass is 9.93. The minimum atomic E-state index is -0.894. The van der Waals surface area contributed by atoms with Crippen molar-refractivity contribution in [3.8, 4) is 0 Å². The highest BCUT2D eigenvalue weighted by Gasteiger charge is 2.25. The highest BCUT2D eigenvalue weighted by Crippen LogP contribution is 2.18. The third-order valence-corrected chi connectivity index (χ3v) is 17.0. The van der Waals surface area contributed by atoms with Crippen LogP contribution in [0.25, 0.3) is 0 Å². The number of carbonyl (C=O) groups excluding carboxylic acids is 6. The van der Waals surface area contributed by atoms with Crippen molar-refractivity contribution < 1.29 is 100 Å². The number of primary amides is 1. The molecule has 0 heterocycles. The summed E-state index contributed by atoms with van der Waals surface area (Å²) in [4.78, 5) is 74.2. The smallest absolute Gasteiger partial charge is 0.306 e. The molecule has 0 aliphatic rings. The standard InChI is InChI=1S/C73H138N2O21S/c1-3-5-7-9-11-13-15-17-19-21-23-25-27-31-72(81)95-62-67(96-73(82)32-28-26-24-22-20-18-16-14-12-10-8-6-4-2)63-97-64-68(74)70(79)60-65(61-76)69(78)30-29-36-83-38-40-85-42-44-87-46-48-89-50-52-91-54-56-93-58-59-94-57-55-92-53-51-90-49-47-88-45-43-86-41-39-84-37-35-66(77)33-34-71(75)80/h65,67-68,76H,3-64,74H2,1-2H3,(H2,75,80). The number of hydrogen-bond donors (Lipinski definition) is 3. The highest BCUT2D eigenvalue weighted by atomic mass is 32.2. The normalized spacial score (nSPS) is 12.5. The molecular formula is C73H138N2O21S. The van der Waals surface area contributed by atoms with E-state index in [1.165, 1.54) is 140 Å². The molecule has 0 saturated heterocycles. The first-order valence-electron chi connectivity index (χ1n) is 37.6. The van der Waals surface area contributed by atoms with Crippen molar-refractivity contribution in [2.45, 2.75) is 244 Å². The Kier molecular flexibility index (Phi) is 75.1. The Labute approximate surface area is 589 Å². The molecule has 0 spiro atoms. The molecule has 0 aliphatic carbocycles. The third-order valence-electron chi connectivity index (χ3n) is 15.8. The topological polar surface area (TPSA) is 304 Å². The molecular weight excluding hydrogens is 1270 g/mol. The average Bonchev–Trinajstić information content (AvgIpc) is 3.06. The summed E-state index contributed by atoms with van der Waals surface area (Å²) < 4.78 is 77.6. The van der Waals surface area contributed by atoms with E-state index in [9.17, 15) is 33.9 Å². The Balaban J connectivity index is 4.04. The number of unbranched alkanes of at least 4 members (excludes halogenated alkanes) is 24. The Morgan fingerprint density at radius 1 is 0.340 bits per heavy atom. The summed E-state index contributed by atoms with van der Waals surface area (Å²) in [6, 6.07) is -0.894. The van der Waals surface area contributed by atoms with Crippen LogP contribution in [0.5, 0.6) is 0 Å². The SMILES string of the molecule is CCCCCCCCCCCCCCCC(=O)OCC(CSCC(N)C(=O)CC(CO)C(=O)CCCOCCOCCOCCOCCOCCOCCOCCOCCOCCOCCOCCOCCC(=O)CCC(N)=O)OC(=O)CCCCCCCCCCCCCCC. The predicted molar refractivity (Wildman–Crippen MR) is 379 cm³/mol. The molecule has 24 heteroatoms. The van der Waals surface area contributed by atoms with Gasteiger partial charge in [-0.15, -0.1) is 0 Å². The predicted octanol–water partition coefficient (Wildman–Crippen LogP) is 10.8. The summed E-state index contributed by atoms with van der Waals surface area (Å²) in [5.74, 6) is -2.08. The van der Waals surface area contributed by atoms with E-state index in [0.717, 1.165) is 38.5 Å². The molecule has 0 aromatic carbocycles. The molecule has 3 atom stereocenters. The summed E-state index contributed by atoms with van der Waals surface area (Å²) in [5, 5.41) is 10.0. The van der Waals surface area contributed by atoms with Gasteiger partial charge in [0.1, 0.15) is 24.3 Å². The van der Waals surface area contributed by atoms with Crippen LogP contribution in [0.3, 0.4) is 0 Å². The van der Waals surface area contributed by atoms with E-state index in [0.29, 0.717) is 184 Å². The fraction of sp³-hybridized carbons (Fsp3) is 0.918. The monoisotopic (exact) mass is 1410 g/mol. The lowest BCUT2D eigenvalue weighted by Crippen LogP contribution is -2.37. The number of esters is 2. The van der Waals surface area contributed by atoms with Crippen molar-refractivity contribution in [1.82, 2.24) is 0 Å². The van der Waals surface area contributed by atoms with Gasteiger partial charge in [-0.05, 0) is 19.3 Å². The minimum Gasteiger partial charge on any atom is -0.462 e. The molecule has 23 nitrogen and oxygen atoms in total. The molecule has 572 valence electrons. The van der Waals surface area contributed by atoms with Crippen LogP contribution in [-0.4, -0.2) is 236 Å². The Bertz CT molecular complexity index is 1760. The molecule has 3 unspecified atom stereocenters. The Morgan fingerprint density at radius 3 is 1.00 bits per heavy atom. The lowest BCUT2D eigenvalue weighted by molar-refractivity contribution is -0.157. The van der Waals surface area contributed by atoms with E-state index in [-0.39, 0.29) is 73.8 Å². The molecule has 0 bridgehead atoms. The van der Waals surface area contributed by atoms with Crippen LogP contribution in [0.15, 0.2) is 0 Å². The van der Waals surface area contributed by atoms with Crippen molar-refractivity contribution in [3.63, 3.8) is 0 Å². The molecule has 1 amide bonds. The highest BCUT2D eigenvalue weighted by molar-refractivity contribution is 7.99. The van der Waals surface area contributed by atoms with Gasteiger partial charge in [0.15, 0.2) is 5.78 Å². The van der Waals surface area contributed by atoms with Crippen LogP contribution in [0.1, 0.15) is 232 Å². The maximum atomic E-state index is 13.2. The van der Waals surface area contributed by atoms with Gasteiger partial charge in [-0.1, -0.05) is 168 Å². The molecule has 97 heavy (non-hydrogen) atoms. The molecule has 0 rings (SSSR count). The number of aliphatic hydroxyl groups is 1. The first kappa shape index (κ1) is 94.2. The zero-order valence-corrected chi connectivity index (χ0v) is 61.6. The van der Waals surface area contributed by atoms with E-state index in [1.807, 2.05) is 0 Å². The molecule has 0 fully saturated rings. The van der Waals surface area contributed by atoms with Gasteiger partial charge in [0.25, 0.3) is 0 Å². The van der Waals surface area contributed by atoms with Gasteiger partial charge in [0.05, 0.1) is 165 Å². The fourth-order valence-corrected chi connectivity index (χ4v) is 10.9. The number of carbonyl (C=O) groups is 6. The molecule has 0 aromatic heterocycles. The number of Topliss-reactive ketones (excluding diaryl/α,β-unsaturated/α-hetero) is 3. The van der Waals surface area contributed by atoms with Crippen molar-refractivity contribution >= 4 is 47.0 Å². The van der Waals surface area contributed by atoms with Crippen molar-refractivity contribution in [3.05, 3.63) is 0 Å². The largest absolute Gasteiger partial charge is 0.462 e. The number of thioether (sulfide) groups is 1. The van der Waals surface area contributed by atoms with Gasteiger partial charge < -0.3 is 82.9 Å². The molecule has 0 radical (unpaired) electrons. The maximum absolute atomic E-state index is 13.2. The van der Waals surface area contributed by atoms with Crippen molar-refractivity contribution in [2.24, 2.45) is 17.4 Å². The number of nitrogens with two attached hydrogens (primary N) is 2. The van der Waals surface area contributed by atoms with Crippen LogP contribution in [-0.2, 0) is 95.1 Å². The van der Waals surface area contributed by atoms with Crippen LogP contribution in [0.2, 0.25) is 0 Å². The molecule has 0 aliphatic heterocycles. The number of aliphatic hydroxyl groups excluding tert-OH is 1. The maximum Gasteiger partial charge on any atom is 0.306 e. The Morgan fingerprint density at radius 2 is 0.660 bits per heavy atom. The second kappa shape index (κ2) is 77.4. The first-order chi connectivity index (χ1) is 47.5. The van der Waals surface area contributed by atoms with E-state index in [2.05, 4.69) is 13.8 Å². The minimum absolute atomic E-state index is 0.0482. The number of ether oxygens (including phenoxy) is 14.